The Kier molecular flexibility index (Phi) is 5.16. The van der Waals surface area contributed by atoms with E-state index in [9.17, 15) is 8.78 Å². The molecule has 0 bridgehead atoms. The maximum atomic E-state index is 13.9. The standard InChI is InChI=1S/C17H22F2O/c1-3-4-5-6-13-8-10-15(20-11-13)14-9-7-12(2)16(18)17(14)19/h7,9-10,13H,3-6,8,11H2,1-2H3. The van der Waals surface area contributed by atoms with Gasteiger partial charge in [0.05, 0.1) is 12.2 Å². The van der Waals surface area contributed by atoms with Crippen LogP contribution in [0.25, 0.3) is 5.76 Å². The molecule has 0 N–H and O–H groups in total. The minimum absolute atomic E-state index is 0.236. The Morgan fingerprint density at radius 1 is 1.20 bits per heavy atom. The molecule has 3 heteroatoms. The Balaban J connectivity index is 2.03. The molecular formula is C17H22F2O. The minimum atomic E-state index is -0.805. The van der Waals surface area contributed by atoms with Gasteiger partial charge in [-0.1, -0.05) is 32.3 Å². The molecule has 1 unspecified atom stereocenters. The highest BCUT2D eigenvalue weighted by Gasteiger charge is 2.20. The van der Waals surface area contributed by atoms with Crippen molar-refractivity contribution in [2.24, 2.45) is 5.92 Å². The third-order valence-corrected chi connectivity index (χ3v) is 3.87. The van der Waals surface area contributed by atoms with E-state index < -0.39 is 11.6 Å². The third kappa shape index (κ3) is 3.38. The van der Waals surface area contributed by atoms with Crippen LogP contribution in [0.2, 0.25) is 0 Å². The first-order valence-corrected chi connectivity index (χ1v) is 7.41. The lowest BCUT2D eigenvalue weighted by Crippen LogP contribution is -2.14. The zero-order valence-electron chi connectivity index (χ0n) is 12.2. The second kappa shape index (κ2) is 6.87. The van der Waals surface area contributed by atoms with Crippen LogP contribution in [0.3, 0.4) is 0 Å². The van der Waals surface area contributed by atoms with Gasteiger partial charge in [0.2, 0.25) is 0 Å². The summed E-state index contributed by atoms with van der Waals surface area (Å²) in [6, 6.07) is 3.18. The molecule has 1 aliphatic heterocycles. The van der Waals surface area contributed by atoms with Gasteiger partial charge >= 0.3 is 0 Å². The molecule has 0 spiro atoms. The van der Waals surface area contributed by atoms with Crippen LogP contribution in [0.1, 0.15) is 50.2 Å². The molecule has 1 aliphatic rings. The lowest BCUT2D eigenvalue weighted by atomic mass is 9.95. The molecule has 1 atom stereocenters. The summed E-state index contributed by atoms with van der Waals surface area (Å²) in [6.07, 6.45) is 7.58. The van der Waals surface area contributed by atoms with Gasteiger partial charge in [-0.15, -0.1) is 0 Å². The van der Waals surface area contributed by atoms with Crippen molar-refractivity contribution >= 4 is 5.76 Å². The first-order valence-electron chi connectivity index (χ1n) is 7.41. The molecule has 0 aromatic heterocycles. The zero-order valence-corrected chi connectivity index (χ0v) is 12.2. The predicted molar refractivity (Wildman–Crippen MR) is 77.3 cm³/mol. The summed E-state index contributed by atoms with van der Waals surface area (Å²) >= 11 is 0. The number of unbranched alkanes of at least 4 members (excludes halogenated alkanes) is 2. The van der Waals surface area contributed by atoms with Crippen molar-refractivity contribution < 1.29 is 13.5 Å². The first-order chi connectivity index (χ1) is 9.63. The lowest BCUT2D eigenvalue weighted by Gasteiger charge is -2.23. The Labute approximate surface area is 119 Å². The van der Waals surface area contributed by atoms with Gasteiger partial charge in [0.25, 0.3) is 0 Å². The van der Waals surface area contributed by atoms with Gasteiger partial charge in [-0.05, 0) is 43.4 Å². The van der Waals surface area contributed by atoms with Crippen LogP contribution in [-0.4, -0.2) is 6.61 Å². The number of benzene rings is 1. The Morgan fingerprint density at radius 3 is 2.65 bits per heavy atom. The van der Waals surface area contributed by atoms with E-state index in [1.54, 1.807) is 19.1 Å². The van der Waals surface area contributed by atoms with Crippen LogP contribution in [-0.2, 0) is 4.74 Å². The van der Waals surface area contributed by atoms with Gasteiger partial charge in [0.1, 0.15) is 5.76 Å². The van der Waals surface area contributed by atoms with Crippen LogP contribution < -0.4 is 0 Å². The average Bonchev–Trinajstić information content (AvgIpc) is 2.46. The highest BCUT2D eigenvalue weighted by atomic mass is 19.2. The molecule has 20 heavy (non-hydrogen) atoms. The number of halogens is 2. The van der Waals surface area contributed by atoms with E-state index in [0.29, 0.717) is 23.8 Å². The molecule has 1 heterocycles. The van der Waals surface area contributed by atoms with E-state index in [4.69, 9.17) is 4.74 Å². The summed E-state index contributed by atoms with van der Waals surface area (Å²) < 4.78 is 33.1. The fourth-order valence-corrected chi connectivity index (χ4v) is 2.52. The number of ether oxygens (including phenoxy) is 1. The van der Waals surface area contributed by atoms with E-state index in [1.807, 2.05) is 6.08 Å². The van der Waals surface area contributed by atoms with Crippen molar-refractivity contribution in [3.05, 3.63) is 41.0 Å². The summed E-state index contributed by atoms with van der Waals surface area (Å²) in [5, 5.41) is 0. The minimum Gasteiger partial charge on any atom is -0.493 e. The Hall–Kier alpha value is -1.38. The highest BCUT2D eigenvalue weighted by Crippen LogP contribution is 2.30. The number of aryl methyl sites for hydroxylation is 1. The molecule has 1 aromatic carbocycles. The fraction of sp³-hybridized carbons (Fsp3) is 0.529. The molecule has 1 nitrogen and oxygen atoms in total. The Morgan fingerprint density at radius 2 is 2.00 bits per heavy atom. The van der Waals surface area contributed by atoms with Crippen LogP contribution in [0, 0.1) is 24.5 Å². The van der Waals surface area contributed by atoms with Gasteiger partial charge in [-0.3, -0.25) is 0 Å². The first kappa shape index (κ1) is 15.0. The summed E-state index contributed by atoms with van der Waals surface area (Å²) in [6.45, 7) is 4.34. The second-order valence-electron chi connectivity index (χ2n) is 5.53. The number of rotatable bonds is 5. The highest BCUT2D eigenvalue weighted by molar-refractivity contribution is 5.61. The second-order valence-corrected chi connectivity index (χ2v) is 5.53. The molecule has 0 aliphatic carbocycles. The molecular weight excluding hydrogens is 258 g/mol. The van der Waals surface area contributed by atoms with E-state index in [1.165, 1.54) is 19.3 Å². The topological polar surface area (TPSA) is 9.23 Å². The quantitative estimate of drug-likeness (QED) is 0.671. The third-order valence-electron chi connectivity index (χ3n) is 3.87. The van der Waals surface area contributed by atoms with Crippen molar-refractivity contribution in [1.82, 2.24) is 0 Å². The maximum Gasteiger partial charge on any atom is 0.170 e. The van der Waals surface area contributed by atoms with Gasteiger partial charge in [-0.25, -0.2) is 8.78 Å². The molecule has 2 rings (SSSR count). The van der Waals surface area contributed by atoms with Crippen molar-refractivity contribution in [3.63, 3.8) is 0 Å². The molecule has 0 saturated heterocycles. The van der Waals surface area contributed by atoms with Crippen molar-refractivity contribution in [2.75, 3.05) is 6.61 Å². The van der Waals surface area contributed by atoms with Gasteiger partial charge in [-0.2, -0.15) is 0 Å². The lowest BCUT2D eigenvalue weighted by molar-refractivity contribution is 0.190. The molecule has 0 amide bonds. The fourth-order valence-electron chi connectivity index (χ4n) is 2.52. The monoisotopic (exact) mass is 280 g/mol. The van der Waals surface area contributed by atoms with E-state index in [2.05, 4.69) is 6.92 Å². The normalized spacial score (nSPS) is 18.6. The van der Waals surface area contributed by atoms with Crippen LogP contribution in [0.4, 0.5) is 8.78 Å². The summed E-state index contributed by atoms with van der Waals surface area (Å²) in [5.74, 6) is -0.602. The smallest absolute Gasteiger partial charge is 0.170 e. The van der Waals surface area contributed by atoms with E-state index in [-0.39, 0.29) is 5.56 Å². The SMILES string of the molecule is CCCCCC1CC=C(c2ccc(C)c(F)c2F)OC1. The van der Waals surface area contributed by atoms with Crippen LogP contribution in [0.5, 0.6) is 0 Å². The number of hydrogen-bond donors (Lipinski definition) is 0. The maximum absolute atomic E-state index is 13.9. The van der Waals surface area contributed by atoms with Crippen LogP contribution >= 0.6 is 0 Å². The van der Waals surface area contributed by atoms with Crippen molar-refractivity contribution in [2.45, 2.75) is 46.0 Å². The molecule has 0 fully saturated rings. The van der Waals surface area contributed by atoms with Crippen molar-refractivity contribution in [3.8, 4) is 0 Å². The largest absolute Gasteiger partial charge is 0.493 e. The average molecular weight is 280 g/mol. The summed E-state index contributed by atoms with van der Waals surface area (Å²) in [5.41, 5.74) is 0.556. The number of allylic oxidation sites excluding steroid dienone is 1. The van der Waals surface area contributed by atoms with Gasteiger partial charge in [0, 0.05) is 0 Å². The number of hydrogen-bond acceptors (Lipinski definition) is 1. The summed E-state index contributed by atoms with van der Waals surface area (Å²) in [7, 11) is 0. The molecule has 110 valence electrons. The molecule has 1 aromatic rings. The molecule has 0 saturated carbocycles. The predicted octanol–water partition coefficient (Wildman–Crippen LogP) is 5.23. The van der Waals surface area contributed by atoms with E-state index in [0.717, 1.165) is 12.8 Å². The van der Waals surface area contributed by atoms with E-state index >= 15 is 0 Å². The van der Waals surface area contributed by atoms with Gasteiger partial charge in [0.15, 0.2) is 11.6 Å². The Bertz CT molecular complexity index is 494. The zero-order chi connectivity index (χ0) is 14.5. The van der Waals surface area contributed by atoms with Crippen LogP contribution in [0.15, 0.2) is 18.2 Å². The van der Waals surface area contributed by atoms with Gasteiger partial charge < -0.3 is 4.74 Å². The summed E-state index contributed by atoms with van der Waals surface area (Å²) in [4.78, 5) is 0. The van der Waals surface area contributed by atoms with Crippen molar-refractivity contribution in [1.29, 1.82) is 0 Å². The molecule has 0 radical (unpaired) electrons.